The summed E-state index contributed by atoms with van der Waals surface area (Å²) >= 11 is 0. The highest BCUT2D eigenvalue weighted by Crippen LogP contribution is 2.16. The number of carbonyl (C=O) groups is 1. The van der Waals surface area contributed by atoms with Crippen LogP contribution < -0.4 is 10.6 Å². The van der Waals surface area contributed by atoms with Gasteiger partial charge in [0.05, 0.1) is 18.3 Å². The number of carbonyl (C=O) groups excluding carboxylic acids is 1. The first-order valence-electron chi connectivity index (χ1n) is 7.14. The van der Waals surface area contributed by atoms with Crippen molar-refractivity contribution in [1.82, 2.24) is 15.6 Å². The van der Waals surface area contributed by atoms with Crippen LogP contribution in [0.4, 0.5) is 0 Å². The summed E-state index contributed by atoms with van der Waals surface area (Å²) in [6.07, 6.45) is 0.714. The van der Waals surface area contributed by atoms with Gasteiger partial charge in [0.1, 0.15) is 5.76 Å². The number of nitrogens with zero attached hydrogens (tertiary/aromatic N) is 1. The van der Waals surface area contributed by atoms with E-state index in [4.69, 9.17) is 4.42 Å². The Labute approximate surface area is 123 Å². The molecule has 1 amide bonds. The zero-order valence-electron chi connectivity index (χ0n) is 12.3. The summed E-state index contributed by atoms with van der Waals surface area (Å²) in [6.45, 7) is 4.82. The van der Waals surface area contributed by atoms with Crippen LogP contribution in [0.2, 0.25) is 0 Å². The first kappa shape index (κ1) is 13.8. The molecule has 0 unspecified atom stereocenters. The maximum absolute atomic E-state index is 12.2. The highest BCUT2D eigenvalue weighted by Gasteiger charge is 2.23. The van der Waals surface area contributed by atoms with Crippen molar-refractivity contribution in [3.05, 3.63) is 52.7 Å². The van der Waals surface area contributed by atoms with Crippen molar-refractivity contribution >= 4 is 5.91 Å². The molecule has 1 aliphatic heterocycles. The van der Waals surface area contributed by atoms with Gasteiger partial charge in [0.15, 0.2) is 0 Å². The second-order valence-corrected chi connectivity index (χ2v) is 5.37. The largest absolute Gasteiger partial charge is 0.444 e. The summed E-state index contributed by atoms with van der Waals surface area (Å²) in [6, 6.07) is 8.01. The van der Waals surface area contributed by atoms with Crippen LogP contribution >= 0.6 is 0 Å². The van der Waals surface area contributed by atoms with Crippen molar-refractivity contribution in [2.75, 3.05) is 0 Å². The molecule has 5 heteroatoms. The molecular formula is C16H19N3O2. The monoisotopic (exact) mass is 285 g/mol. The SMILES string of the molecule is Cc1nc(CNC(=O)[C@@H]2Cc3ccccc3CN2)oc1C. The van der Waals surface area contributed by atoms with Gasteiger partial charge in [-0.15, -0.1) is 0 Å². The molecule has 2 N–H and O–H groups in total. The van der Waals surface area contributed by atoms with E-state index in [9.17, 15) is 4.79 Å². The number of benzene rings is 1. The van der Waals surface area contributed by atoms with Gasteiger partial charge < -0.3 is 15.1 Å². The van der Waals surface area contributed by atoms with Gasteiger partial charge in [-0.1, -0.05) is 24.3 Å². The molecule has 3 rings (SSSR count). The second-order valence-electron chi connectivity index (χ2n) is 5.37. The maximum Gasteiger partial charge on any atom is 0.237 e. The molecule has 0 saturated heterocycles. The molecule has 1 aromatic heterocycles. The van der Waals surface area contributed by atoms with E-state index >= 15 is 0 Å². The topological polar surface area (TPSA) is 67.2 Å². The molecule has 2 heterocycles. The van der Waals surface area contributed by atoms with Crippen molar-refractivity contribution in [3.8, 4) is 0 Å². The smallest absolute Gasteiger partial charge is 0.237 e. The van der Waals surface area contributed by atoms with Crippen LogP contribution in [0, 0.1) is 13.8 Å². The average Bonchev–Trinajstić information content (AvgIpc) is 2.83. The van der Waals surface area contributed by atoms with E-state index in [-0.39, 0.29) is 11.9 Å². The van der Waals surface area contributed by atoms with Gasteiger partial charge in [-0.25, -0.2) is 4.98 Å². The summed E-state index contributed by atoms with van der Waals surface area (Å²) in [5.74, 6) is 1.33. The predicted molar refractivity (Wildman–Crippen MR) is 78.6 cm³/mol. The number of hydrogen-bond acceptors (Lipinski definition) is 4. The van der Waals surface area contributed by atoms with Gasteiger partial charge in [0, 0.05) is 6.54 Å². The second kappa shape index (κ2) is 5.69. The number of oxazole rings is 1. The van der Waals surface area contributed by atoms with E-state index in [0.29, 0.717) is 18.9 Å². The van der Waals surface area contributed by atoms with Gasteiger partial charge in [-0.05, 0) is 31.4 Å². The van der Waals surface area contributed by atoms with Crippen LogP contribution in [0.25, 0.3) is 0 Å². The molecule has 0 bridgehead atoms. The molecule has 0 saturated carbocycles. The molecule has 1 aliphatic rings. The maximum atomic E-state index is 12.2. The first-order chi connectivity index (χ1) is 10.1. The average molecular weight is 285 g/mol. The predicted octanol–water partition coefficient (Wildman–Crippen LogP) is 1.62. The molecule has 0 fully saturated rings. The summed E-state index contributed by atoms with van der Waals surface area (Å²) in [5.41, 5.74) is 3.36. The Balaban J connectivity index is 1.59. The number of rotatable bonds is 3. The van der Waals surface area contributed by atoms with Gasteiger partial charge in [-0.3, -0.25) is 4.79 Å². The number of nitrogens with one attached hydrogen (secondary N) is 2. The van der Waals surface area contributed by atoms with Crippen LogP contribution in [-0.4, -0.2) is 16.9 Å². The Bertz CT molecular complexity index is 644. The molecule has 1 aromatic carbocycles. The third-order valence-corrected chi connectivity index (χ3v) is 3.88. The highest BCUT2D eigenvalue weighted by molar-refractivity contribution is 5.82. The van der Waals surface area contributed by atoms with Crippen molar-refractivity contribution < 1.29 is 9.21 Å². The third-order valence-electron chi connectivity index (χ3n) is 3.88. The Morgan fingerprint density at radius 1 is 1.38 bits per heavy atom. The van der Waals surface area contributed by atoms with E-state index in [1.807, 2.05) is 26.0 Å². The van der Waals surface area contributed by atoms with Crippen LogP contribution in [0.1, 0.15) is 28.5 Å². The molecule has 0 radical (unpaired) electrons. The number of hydrogen-bond donors (Lipinski definition) is 2. The summed E-state index contributed by atoms with van der Waals surface area (Å²) in [5, 5.41) is 6.15. The van der Waals surface area contributed by atoms with Gasteiger partial charge in [0.25, 0.3) is 0 Å². The van der Waals surface area contributed by atoms with Crippen molar-refractivity contribution in [2.24, 2.45) is 0 Å². The van der Waals surface area contributed by atoms with Crippen LogP contribution in [-0.2, 0) is 24.3 Å². The zero-order valence-corrected chi connectivity index (χ0v) is 12.3. The van der Waals surface area contributed by atoms with E-state index in [0.717, 1.165) is 18.0 Å². The molecule has 1 atom stereocenters. The minimum Gasteiger partial charge on any atom is -0.444 e. The molecule has 5 nitrogen and oxygen atoms in total. The molecule has 0 aliphatic carbocycles. The lowest BCUT2D eigenvalue weighted by atomic mass is 9.95. The molecular weight excluding hydrogens is 266 g/mol. The van der Waals surface area contributed by atoms with Gasteiger partial charge in [0.2, 0.25) is 11.8 Å². The minimum atomic E-state index is -0.197. The first-order valence-corrected chi connectivity index (χ1v) is 7.14. The number of fused-ring (bicyclic) bond motifs is 1. The molecule has 110 valence electrons. The van der Waals surface area contributed by atoms with E-state index in [1.165, 1.54) is 11.1 Å². The zero-order chi connectivity index (χ0) is 14.8. The Morgan fingerprint density at radius 3 is 2.86 bits per heavy atom. The van der Waals surface area contributed by atoms with Crippen LogP contribution in [0.3, 0.4) is 0 Å². The minimum absolute atomic E-state index is 0.0157. The molecule has 0 spiro atoms. The fourth-order valence-electron chi connectivity index (χ4n) is 2.54. The Morgan fingerprint density at radius 2 is 2.14 bits per heavy atom. The molecule has 2 aromatic rings. The number of aromatic nitrogens is 1. The fourth-order valence-corrected chi connectivity index (χ4v) is 2.54. The lowest BCUT2D eigenvalue weighted by Crippen LogP contribution is -2.47. The number of aryl methyl sites for hydroxylation is 2. The summed E-state index contributed by atoms with van der Waals surface area (Å²) < 4.78 is 5.46. The summed E-state index contributed by atoms with van der Waals surface area (Å²) in [7, 11) is 0. The van der Waals surface area contributed by atoms with Gasteiger partial charge in [-0.2, -0.15) is 0 Å². The van der Waals surface area contributed by atoms with Crippen molar-refractivity contribution in [3.63, 3.8) is 0 Å². The van der Waals surface area contributed by atoms with Crippen molar-refractivity contribution in [2.45, 2.75) is 39.4 Å². The standard InChI is InChI=1S/C16H19N3O2/c1-10-11(2)21-15(19-10)9-18-16(20)14-7-12-5-3-4-6-13(12)8-17-14/h3-6,14,17H,7-9H2,1-2H3,(H,18,20)/t14-/m0/s1. The lowest BCUT2D eigenvalue weighted by molar-refractivity contribution is -0.123. The van der Waals surface area contributed by atoms with Gasteiger partial charge >= 0.3 is 0 Å². The van der Waals surface area contributed by atoms with E-state index < -0.39 is 0 Å². The number of amides is 1. The van der Waals surface area contributed by atoms with Crippen LogP contribution in [0.5, 0.6) is 0 Å². The highest BCUT2D eigenvalue weighted by atomic mass is 16.4. The van der Waals surface area contributed by atoms with E-state index in [2.05, 4.69) is 27.8 Å². The van der Waals surface area contributed by atoms with Crippen molar-refractivity contribution in [1.29, 1.82) is 0 Å². The van der Waals surface area contributed by atoms with E-state index in [1.54, 1.807) is 0 Å². The molecule has 21 heavy (non-hydrogen) atoms. The Hall–Kier alpha value is -2.14. The van der Waals surface area contributed by atoms with Crippen LogP contribution in [0.15, 0.2) is 28.7 Å². The quantitative estimate of drug-likeness (QED) is 0.899. The summed E-state index contributed by atoms with van der Waals surface area (Å²) in [4.78, 5) is 16.5. The lowest BCUT2D eigenvalue weighted by Gasteiger charge is -2.25. The normalized spacial score (nSPS) is 17.3. The third kappa shape index (κ3) is 2.97. The fraction of sp³-hybridized carbons (Fsp3) is 0.375. The Kier molecular flexibility index (Phi) is 3.75.